The number of likely N-dealkylation sites (tertiary alicyclic amines) is 1. The number of carbonyl (C=O) groups excluding carboxylic acids is 1. The van der Waals surface area contributed by atoms with Crippen molar-refractivity contribution >= 4 is 11.9 Å². The molecule has 1 saturated heterocycles. The van der Waals surface area contributed by atoms with Gasteiger partial charge in [-0.2, -0.15) is 5.10 Å². The topological polar surface area (TPSA) is 88.4 Å². The van der Waals surface area contributed by atoms with Gasteiger partial charge in [0.2, 0.25) is 11.9 Å². The van der Waals surface area contributed by atoms with Crippen molar-refractivity contribution in [3.63, 3.8) is 0 Å². The highest BCUT2D eigenvalue weighted by Gasteiger charge is 2.39. The molecule has 2 aliphatic heterocycles. The van der Waals surface area contributed by atoms with Crippen LogP contribution in [-0.2, 0) is 36.1 Å². The Labute approximate surface area is 225 Å². The largest absolute Gasteiger partial charge is 0.383 e. The summed E-state index contributed by atoms with van der Waals surface area (Å²) in [5.74, 6) is 0.911. The number of benzene rings is 1. The van der Waals surface area contributed by atoms with E-state index < -0.39 is 0 Å². The molecule has 3 atom stereocenters. The molecule has 0 saturated carbocycles. The minimum atomic E-state index is -0.0526. The lowest BCUT2D eigenvalue weighted by atomic mass is 9.79. The van der Waals surface area contributed by atoms with Crippen molar-refractivity contribution in [3.05, 3.63) is 70.8 Å². The third kappa shape index (κ3) is 5.89. The normalized spacial score (nSPS) is 21.8. The fourth-order valence-electron chi connectivity index (χ4n) is 5.79. The third-order valence-electron chi connectivity index (χ3n) is 7.90. The quantitative estimate of drug-likeness (QED) is 0.491. The molecule has 1 amide bonds. The number of nitrogens with zero attached hydrogens (tertiary/aromatic N) is 6. The Hall–Kier alpha value is -3.30. The fourth-order valence-corrected chi connectivity index (χ4v) is 5.79. The van der Waals surface area contributed by atoms with Crippen molar-refractivity contribution in [2.75, 3.05) is 38.7 Å². The number of rotatable bonds is 8. The van der Waals surface area contributed by atoms with Crippen molar-refractivity contribution in [1.29, 1.82) is 0 Å². The van der Waals surface area contributed by atoms with Gasteiger partial charge in [0.1, 0.15) is 0 Å². The fraction of sp³-hybridized carbons (Fsp3) is 0.517. The van der Waals surface area contributed by atoms with E-state index in [-0.39, 0.29) is 23.8 Å². The maximum atomic E-state index is 14.2. The van der Waals surface area contributed by atoms with Crippen molar-refractivity contribution < 1.29 is 9.53 Å². The summed E-state index contributed by atoms with van der Waals surface area (Å²) in [5.41, 5.74) is 5.46. The molecule has 2 aliphatic rings. The van der Waals surface area contributed by atoms with E-state index in [1.807, 2.05) is 25.5 Å². The second-order valence-corrected chi connectivity index (χ2v) is 10.7. The smallest absolute Gasteiger partial charge is 0.227 e. The first kappa shape index (κ1) is 26.3. The van der Waals surface area contributed by atoms with Gasteiger partial charge in [-0.05, 0) is 50.4 Å². The standard InChI is InChI=1S/C29H39N7O2/c1-20-6-5-7-22(14-20)26-18-35(12-13-38-4)11-9-25(26)28(37)36-19-27-23(15-21(36)2)16-30-29(32-27)31-17-24-8-10-34(3)33-24/h5-8,10,14,16,21,25-26H,9,11-13,15,17-19H2,1-4H3,(H,30,31,32)/t21-,25+,26-/m1/s1. The van der Waals surface area contributed by atoms with Crippen LogP contribution in [0.25, 0.3) is 0 Å². The van der Waals surface area contributed by atoms with Gasteiger partial charge in [-0.3, -0.25) is 9.48 Å². The molecular weight excluding hydrogens is 478 g/mol. The number of anilines is 1. The number of hydrogen-bond acceptors (Lipinski definition) is 7. The molecule has 9 heteroatoms. The van der Waals surface area contributed by atoms with Gasteiger partial charge < -0.3 is 19.9 Å². The van der Waals surface area contributed by atoms with Gasteiger partial charge in [-0.25, -0.2) is 9.97 Å². The maximum Gasteiger partial charge on any atom is 0.227 e. The van der Waals surface area contributed by atoms with Gasteiger partial charge in [-0.1, -0.05) is 29.8 Å². The number of aryl methyl sites for hydroxylation is 2. The lowest BCUT2D eigenvalue weighted by molar-refractivity contribution is -0.141. The Morgan fingerprint density at radius 1 is 1.26 bits per heavy atom. The highest BCUT2D eigenvalue weighted by molar-refractivity contribution is 5.81. The van der Waals surface area contributed by atoms with Crippen molar-refractivity contribution in [2.24, 2.45) is 13.0 Å². The first-order valence-electron chi connectivity index (χ1n) is 13.6. The molecule has 1 fully saturated rings. The first-order chi connectivity index (χ1) is 18.4. The average Bonchev–Trinajstić information content (AvgIpc) is 3.34. The monoisotopic (exact) mass is 517 g/mol. The Kier molecular flexibility index (Phi) is 8.04. The number of nitrogens with one attached hydrogen (secondary N) is 1. The Morgan fingerprint density at radius 3 is 2.89 bits per heavy atom. The van der Waals surface area contributed by atoms with Gasteiger partial charge in [0.25, 0.3) is 0 Å². The van der Waals surface area contributed by atoms with E-state index in [9.17, 15) is 4.79 Å². The Bertz CT molecular complexity index is 1260. The molecule has 1 N–H and O–H groups in total. The van der Waals surface area contributed by atoms with E-state index in [2.05, 4.69) is 63.3 Å². The summed E-state index contributed by atoms with van der Waals surface area (Å²) >= 11 is 0. The summed E-state index contributed by atoms with van der Waals surface area (Å²) < 4.78 is 7.12. The summed E-state index contributed by atoms with van der Waals surface area (Å²) in [7, 11) is 3.64. The molecule has 0 radical (unpaired) electrons. The van der Waals surface area contributed by atoms with Crippen LogP contribution < -0.4 is 5.32 Å². The summed E-state index contributed by atoms with van der Waals surface area (Å²) in [6.07, 6.45) is 5.44. The minimum absolute atomic E-state index is 0.0526. The molecule has 0 aliphatic carbocycles. The highest BCUT2D eigenvalue weighted by atomic mass is 16.5. The van der Waals surface area contributed by atoms with Crippen molar-refractivity contribution in [1.82, 2.24) is 29.5 Å². The van der Waals surface area contributed by atoms with Crippen LogP contribution in [0.1, 0.15) is 47.3 Å². The lowest BCUT2D eigenvalue weighted by Gasteiger charge is -2.42. The van der Waals surface area contributed by atoms with Gasteiger partial charge in [0, 0.05) is 57.5 Å². The highest BCUT2D eigenvalue weighted by Crippen LogP contribution is 2.36. The predicted octanol–water partition coefficient (Wildman–Crippen LogP) is 3.16. The third-order valence-corrected chi connectivity index (χ3v) is 7.90. The Balaban J connectivity index is 1.33. The van der Waals surface area contributed by atoms with E-state index in [1.54, 1.807) is 11.8 Å². The van der Waals surface area contributed by atoms with E-state index in [0.29, 0.717) is 25.6 Å². The van der Waals surface area contributed by atoms with Crippen LogP contribution >= 0.6 is 0 Å². The van der Waals surface area contributed by atoms with Gasteiger partial charge in [-0.15, -0.1) is 0 Å². The van der Waals surface area contributed by atoms with Crippen LogP contribution in [0.2, 0.25) is 0 Å². The van der Waals surface area contributed by atoms with Crippen LogP contribution in [0.4, 0.5) is 5.95 Å². The maximum absolute atomic E-state index is 14.2. The molecule has 0 bridgehead atoms. The second-order valence-electron chi connectivity index (χ2n) is 10.7. The van der Waals surface area contributed by atoms with Crippen LogP contribution in [0.15, 0.2) is 42.7 Å². The molecule has 9 nitrogen and oxygen atoms in total. The lowest BCUT2D eigenvalue weighted by Crippen LogP contribution is -2.51. The second kappa shape index (κ2) is 11.6. The van der Waals surface area contributed by atoms with Crippen molar-refractivity contribution in [2.45, 2.75) is 51.7 Å². The summed E-state index contributed by atoms with van der Waals surface area (Å²) in [5, 5.41) is 7.69. The van der Waals surface area contributed by atoms with E-state index in [0.717, 1.165) is 49.4 Å². The molecule has 2 aromatic heterocycles. The zero-order valence-corrected chi connectivity index (χ0v) is 22.9. The summed E-state index contributed by atoms with van der Waals surface area (Å²) in [4.78, 5) is 28.0. The Morgan fingerprint density at radius 2 is 2.13 bits per heavy atom. The number of ether oxygens (including phenoxy) is 1. The van der Waals surface area contributed by atoms with E-state index in [4.69, 9.17) is 9.72 Å². The number of methoxy groups -OCH3 is 1. The van der Waals surface area contributed by atoms with Gasteiger partial charge in [0.05, 0.1) is 31.1 Å². The average molecular weight is 518 g/mol. The SMILES string of the molecule is COCCN1CC[C@H](C(=O)N2Cc3nc(NCc4ccn(C)n4)ncc3C[C@H]2C)[C@@H](c2cccc(C)c2)C1. The molecule has 4 heterocycles. The molecule has 1 aromatic carbocycles. The van der Waals surface area contributed by atoms with Crippen LogP contribution in [-0.4, -0.2) is 74.8 Å². The predicted molar refractivity (Wildman–Crippen MR) is 147 cm³/mol. The van der Waals surface area contributed by atoms with Crippen LogP contribution in [0.5, 0.6) is 0 Å². The number of piperidine rings is 1. The van der Waals surface area contributed by atoms with E-state index in [1.165, 1.54) is 11.1 Å². The summed E-state index contributed by atoms with van der Waals surface area (Å²) in [6, 6.07) is 10.7. The van der Waals surface area contributed by atoms with Gasteiger partial charge in [0.15, 0.2) is 0 Å². The number of carbonyl (C=O) groups is 1. The van der Waals surface area contributed by atoms with Gasteiger partial charge >= 0.3 is 0 Å². The first-order valence-corrected chi connectivity index (χ1v) is 13.6. The molecule has 38 heavy (non-hydrogen) atoms. The van der Waals surface area contributed by atoms with Crippen molar-refractivity contribution in [3.8, 4) is 0 Å². The number of aromatic nitrogens is 4. The molecule has 5 rings (SSSR count). The molecule has 3 aromatic rings. The molecular formula is C29H39N7O2. The minimum Gasteiger partial charge on any atom is -0.383 e. The number of amides is 1. The number of hydrogen-bond donors (Lipinski definition) is 1. The molecule has 0 spiro atoms. The molecule has 0 unspecified atom stereocenters. The van der Waals surface area contributed by atoms with E-state index >= 15 is 0 Å². The van der Waals surface area contributed by atoms with Crippen LogP contribution in [0, 0.1) is 12.8 Å². The summed E-state index contributed by atoms with van der Waals surface area (Å²) in [6.45, 7) is 8.70. The molecule has 202 valence electrons. The van der Waals surface area contributed by atoms with Crippen LogP contribution in [0.3, 0.4) is 0 Å². The number of fused-ring (bicyclic) bond motifs is 1. The zero-order valence-electron chi connectivity index (χ0n) is 22.9. The zero-order chi connectivity index (χ0) is 26.6.